The van der Waals surface area contributed by atoms with E-state index in [1.165, 1.54) is 0 Å². The van der Waals surface area contributed by atoms with Gasteiger partial charge in [-0.05, 0) is 38.5 Å². The number of phenols is 1. The zero-order valence-electron chi connectivity index (χ0n) is 11.5. The van der Waals surface area contributed by atoms with Crippen LogP contribution in [0.15, 0.2) is 24.3 Å². The number of rotatable bonds is 4. The van der Waals surface area contributed by atoms with Crippen molar-refractivity contribution < 1.29 is 5.11 Å². The molecular weight excluding hydrogens is 258 g/mol. The van der Waals surface area contributed by atoms with Gasteiger partial charge in [-0.15, -0.1) is 10.2 Å². The Morgan fingerprint density at radius 2 is 1.95 bits per heavy atom. The molecule has 0 saturated carbocycles. The summed E-state index contributed by atoms with van der Waals surface area (Å²) in [6.45, 7) is 7.12. The highest BCUT2D eigenvalue weighted by Crippen LogP contribution is 2.18. The van der Waals surface area contributed by atoms with Gasteiger partial charge in [-0.3, -0.25) is 0 Å². The molecule has 0 amide bonds. The Morgan fingerprint density at radius 3 is 2.63 bits per heavy atom. The topological polar surface area (TPSA) is 58.0 Å². The molecule has 1 aromatic heterocycles. The summed E-state index contributed by atoms with van der Waals surface area (Å²) < 4.78 is 0. The van der Waals surface area contributed by atoms with Crippen LogP contribution in [-0.2, 0) is 13.0 Å². The standard InChI is InChI=1S/C14H19N3OS/c1-14(2,3)15-9-13-17-16-12(19-13)8-10-5-4-6-11(18)7-10/h4-7,15,18H,8-9H2,1-3H3. The molecule has 0 aliphatic heterocycles. The zero-order valence-corrected chi connectivity index (χ0v) is 12.3. The first-order valence-corrected chi connectivity index (χ1v) is 7.08. The Morgan fingerprint density at radius 1 is 1.21 bits per heavy atom. The fourth-order valence-corrected chi connectivity index (χ4v) is 2.43. The van der Waals surface area contributed by atoms with Crippen LogP contribution in [0.4, 0.5) is 0 Å². The van der Waals surface area contributed by atoms with E-state index in [-0.39, 0.29) is 11.3 Å². The van der Waals surface area contributed by atoms with Crippen molar-refractivity contribution in [1.82, 2.24) is 15.5 Å². The molecule has 0 spiro atoms. The lowest BCUT2D eigenvalue weighted by atomic mass is 10.1. The number of hydrogen-bond acceptors (Lipinski definition) is 5. The van der Waals surface area contributed by atoms with E-state index in [0.717, 1.165) is 22.1 Å². The number of hydrogen-bond donors (Lipinski definition) is 2. The minimum Gasteiger partial charge on any atom is -0.508 e. The highest BCUT2D eigenvalue weighted by atomic mass is 32.1. The van der Waals surface area contributed by atoms with Gasteiger partial charge in [0.1, 0.15) is 15.8 Å². The van der Waals surface area contributed by atoms with Gasteiger partial charge in [-0.1, -0.05) is 23.5 Å². The van der Waals surface area contributed by atoms with Crippen molar-refractivity contribution >= 4 is 11.3 Å². The summed E-state index contributed by atoms with van der Waals surface area (Å²) in [5.74, 6) is 0.289. The average Bonchev–Trinajstić information content (AvgIpc) is 2.73. The lowest BCUT2D eigenvalue weighted by Gasteiger charge is -2.19. The molecule has 102 valence electrons. The van der Waals surface area contributed by atoms with Crippen LogP contribution < -0.4 is 5.32 Å². The van der Waals surface area contributed by atoms with Crippen LogP contribution in [0.1, 0.15) is 36.3 Å². The Hall–Kier alpha value is -1.46. The third-order valence-electron chi connectivity index (χ3n) is 2.54. The molecule has 0 saturated heterocycles. The van der Waals surface area contributed by atoms with Crippen molar-refractivity contribution in [1.29, 1.82) is 0 Å². The van der Waals surface area contributed by atoms with Crippen molar-refractivity contribution in [2.24, 2.45) is 0 Å². The Labute approximate surface area is 117 Å². The minimum absolute atomic E-state index is 0.0804. The van der Waals surface area contributed by atoms with Crippen LogP contribution in [0, 0.1) is 0 Å². The molecule has 2 N–H and O–H groups in total. The SMILES string of the molecule is CC(C)(C)NCc1nnc(Cc2cccc(O)c2)s1. The molecular formula is C14H19N3OS. The van der Waals surface area contributed by atoms with Gasteiger partial charge in [-0.25, -0.2) is 0 Å². The number of aromatic hydroxyl groups is 1. The van der Waals surface area contributed by atoms with E-state index < -0.39 is 0 Å². The fourth-order valence-electron chi connectivity index (χ4n) is 1.61. The van der Waals surface area contributed by atoms with Crippen LogP contribution >= 0.6 is 11.3 Å². The molecule has 1 aromatic carbocycles. The van der Waals surface area contributed by atoms with Gasteiger partial charge in [0.05, 0.1) is 6.54 Å². The Balaban J connectivity index is 1.97. The third kappa shape index (κ3) is 4.61. The summed E-state index contributed by atoms with van der Waals surface area (Å²) >= 11 is 1.61. The predicted molar refractivity (Wildman–Crippen MR) is 77.4 cm³/mol. The van der Waals surface area contributed by atoms with E-state index in [1.54, 1.807) is 23.5 Å². The van der Waals surface area contributed by atoms with Crippen molar-refractivity contribution in [3.8, 4) is 5.75 Å². The van der Waals surface area contributed by atoms with E-state index in [2.05, 4.69) is 36.3 Å². The number of phenolic OH excluding ortho intramolecular Hbond substituents is 1. The summed E-state index contributed by atoms with van der Waals surface area (Å²) in [6.07, 6.45) is 0.710. The second-order valence-corrected chi connectivity index (χ2v) is 6.69. The number of nitrogens with zero attached hydrogens (tertiary/aromatic N) is 2. The normalized spacial score (nSPS) is 11.7. The highest BCUT2D eigenvalue weighted by molar-refractivity contribution is 7.11. The van der Waals surface area contributed by atoms with E-state index in [4.69, 9.17) is 0 Å². The van der Waals surface area contributed by atoms with Gasteiger partial charge in [0.15, 0.2) is 0 Å². The summed E-state index contributed by atoms with van der Waals surface area (Å²) in [7, 11) is 0. The zero-order chi connectivity index (χ0) is 13.9. The summed E-state index contributed by atoms with van der Waals surface area (Å²) in [5, 5.41) is 23.1. The molecule has 4 nitrogen and oxygen atoms in total. The molecule has 5 heteroatoms. The molecule has 0 fully saturated rings. The molecule has 2 aromatic rings. The fraction of sp³-hybridized carbons (Fsp3) is 0.429. The Kier molecular flexibility index (Phi) is 4.17. The van der Waals surface area contributed by atoms with Crippen molar-refractivity contribution in [3.05, 3.63) is 39.8 Å². The molecule has 0 unspecified atom stereocenters. The molecule has 0 aliphatic rings. The number of aromatic nitrogens is 2. The van der Waals surface area contributed by atoms with Crippen LogP contribution in [0.3, 0.4) is 0 Å². The molecule has 1 heterocycles. The first kappa shape index (κ1) is 14.0. The second-order valence-electron chi connectivity index (χ2n) is 5.54. The van der Waals surface area contributed by atoms with Crippen LogP contribution in [0.5, 0.6) is 5.75 Å². The van der Waals surface area contributed by atoms with Gasteiger partial charge in [-0.2, -0.15) is 0 Å². The third-order valence-corrected chi connectivity index (χ3v) is 3.47. The summed E-state index contributed by atoms with van der Waals surface area (Å²) in [4.78, 5) is 0. The second kappa shape index (κ2) is 5.67. The van der Waals surface area contributed by atoms with Crippen LogP contribution in [0.25, 0.3) is 0 Å². The molecule has 0 radical (unpaired) electrons. The van der Waals surface area contributed by atoms with E-state index in [1.807, 2.05) is 12.1 Å². The first-order chi connectivity index (χ1) is 8.92. The van der Waals surface area contributed by atoms with Crippen molar-refractivity contribution in [2.75, 3.05) is 0 Å². The van der Waals surface area contributed by atoms with Gasteiger partial charge in [0.25, 0.3) is 0 Å². The highest BCUT2D eigenvalue weighted by Gasteiger charge is 2.11. The monoisotopic (exact) mass is 277 g/mol. The first-order valence-electron chi connectivity index (χ1n) is 6.26. The quantitative estimate of drug-likeness (QED) is 0.902. The van der Waals surface area contributed by atoms with Gasteiger partial charge in [0.2, 0.25) is 0 Å². The smallest absolute Gasteiger partial charge is 0.131 e. The van der Waals surface area contributed by atoms with Crippen LogP contribution in [-0.4, -0.2) is 20.8 Å². The van der Waals surface area contributed by atoms with Gasteiger partial charge >= 0.3 is 0 Å². The lowest BCUT2D eigenvalue weighted by Crippen LogP contribution is -2.35. The maximum Gasteiger partial charge on any atom is 0.131 e. The summed E-state index contributed by atoms with van der Waals surface area (Å²) in [5.41, 5.74) is 1.13. The number of benzene rings is 1. The number of nitrogens with one attached hydrogen (secondary N) is 1. The maximum atomic E-state index is 9.43. The minimum atomic E-state index is 0.0804. The van der Waals surface area contributed by atoms with E-state index >= 15 is 0 Å². The van der Waals surface area contributed by atoms with Crippen molar-refractivity contribution in [2.45, 2.75) is 39.3 Å². The average molecular weight is 277 g/mol. The maximum absolute atomic E-state index is 9.43. The van der Waals surface area contributed by atoms with Gasteiger partial charge in [0, 0.05) is 12.0 Å². The van der Waals surface area contributed by atoms with E-state index in [0.29, 0.717) is 6.42 Å². The lowest BCUT2D eigenvalue weighted by molar-refractivity contribution is 0.423. The largest absolute Gasteiger partial charge is 0.508 e. The molecule has 0 bridgehead atoms. The molecule has 19 heavy (non-hydrogen) atoms. The van der Waals surface area contributed by atoms with E-state index in [9.17, 15) is 5.11 Å². The predicted octanol–water partition coefficient (Wildman–Crippen LogP) is 2.72. The molecule has 0 atom stereocenters. The van der Waals surface area contributed by atoms with Crippen molar-refractivity contribution in [3.63, 3.8) is 0 Å². The molecule has 0 aliphatic carbocycles. The van der Waals surface area contributed by atoms with Gasteiger partial charge < -0.3 is 10.4 Å². The molecule has 2 rings (SSSR count). The summed E-state index contributed by atoms with van der Waals surface area (Å²) in [6, 6.07) is 7.25. The van der Waals surface area contributed by atoms with Crippen LogP contribution in [0.2, 0.25) is 0 Å². The Bertz CT molecular complexity index is 546.